The van der Waals surface area contributed by atoms with E-state index in [1.165, 1.54) is 111 Å². The van der Waals surface area contributed by atoms with E-state index < -0.39 is 0 Å². The van der Waals surface area contributed by atoms with E-state index in [0.29, 0.717) is 5.41 Å². The van der Waals surface area contributed by atoms with E-state index in [1.807, 2.05) is 46.0 Å². The number of rotatable bonds is 11. The Bertz CT molecular complexity index is 1360. The van der Waals surface area contributed by atoms with Gasteiger partial charge in [-0.2, -0.15) is 0 Å². The molecule has 2 aromatic carbocycles. The first-order valence-electron chi connectivity index (χ1n) is 19.1. The van der Waals surface area contributed by atoms with Gasteiger partial charge in [0.25, 0.3) is 0 Å². The Morgan fingerprint density at radius 1 is 0.804 bits per heavy atom. The van der Waals surface area contributed by atoms with Crippen molar-refractivity contribution in [2.75, 3.05) is 0 Å². The molecule has 51 heavy (non-hydrogen) atoms. The van der Waals surface area contributed by atoms with Gasteiger partial charge in [-0.15, -0.1) is 0 Å². The van der Waals surface area contributed by atoms with Gasteiger partial charge in [0.05, 0.1) is 0 Å². The minimum Gasteiger partial charge on any atom is -0.300 e. The molecule has 4 heteroatoms. The molecule has 0 spiro atoms. The molecule has 3 rings (SSSR count). The Kier molecular flexibility index (Phi) is 31.4. The third-order valence-corrected chi connectivity index (χ3v) is 7.88. The second-order valence-corrected chi connectivity index (χ2v) is 15.3. The van der Waals surface area contributed by atoms with Crippen LogP contribution in [0.3, 0.4) is 0 Å². The number of fused-ring (bicyclic) bond motifs is 1. The maximum atomic E-state index is 9.44. The van der Waals surface area contributed by atoms with Crippen molar-refractivity contribution in [3.63, 3.8) is 0 Å². The fourth-order valence-electron chi connectivity index (χ4n) is 4.86. The summed E-state index contributed by atoms with van der Waals surface area (Å²) >= 11 is 5.99. The fraction of sp³-hybridized carbons (Fsp3) is 0.553. The number of aromatic nitrogens is 1. The number of hydrogen-bond donors (Lipinski definition) is 0. The maximum Gasteiger partial charge on any atom is 0.126 e. The average Bonchev–Trinajstić information content (AvgIpc) is 3.02. The lowest BCUT2D eigenvalue weighted by Gasteiger charge is -2.19. The van der Waals surface area contributed by atoms with Crippen molar-refractivity contribution in [1.29, 1.82) is 0 Å². The van der Waals surface area contributed by atoms with E-state index in [1.54, 1.807) is 0 Å². The summed E-state index contributed by atoms with van der Waals surface area (Å²) in [7, 11) is 0. The van der Waals surface area contributed by atoms with Gasteiger partial charge in [0, 0.05) is 22.3 Å². The number of hydrogen-bond acceptors (Lipinski definition) is 3. The average molecular weight is 723 g/mol. The van der Waals surface area contributed by atoms with Crippen molar-refractivity contribution in [3.05, 3.63) is 100 Å². The highest BCUT2D eigenvalue weighted by Gasteiger charge is 2.11. The predicted octanol–water partition coefficient (Wildman–Crippen LogP) is 15.2. The lowest BCUT2D eigenvalue weighted by molar-refractivity contribution is -0.115. The van der Waals surface area contributed by atoms with Crippen LogP contribution in [0, 0.1) is 32.1 Å². The SMILES string of the molecule is C=C(CCCCCC(=C)CC(C)(C)C)CC(C)CC.CC.CC(C)=O.CC(C)=O.CCc1cccc(C)c1Cl.Cc1ccc2cnc(C)cc2c1. The van der Waals surface area contributed by atoms with Crippen LogP contribution in [0.5, 0.6) is 0 Å². The summed E-state index contributed by atoms with van der Waals surface area (Å²) in [5, 5.41) is 3.42. The van der Waals surface area contributed by atoms with Crippen LogP contribution in [0.25, 0.3) is 10.8 Å². The molecule has 1 heterocycles. The molecule has 0 amide bonds. The Labute approximate surface area is 320 Å². The van der Waals surface area contributed by atoms with Crippen LogP contribution in [-0.4, -0.2) is 16.6 Å². The highest BCUT2D eigenvalue weighted by molar-refractivity contribution is 6.32. The lowest BCUT2D eigenvalue weighted by atomic mass is 9.86. The zero-order chi connectivity index (χ0) is 40.2. The van der Waals surface area contributed by atoms with Gasteiger partial charge >= 0.3 is 0 Å². The zero-order valence-corrected chi connectivity index (χ0v) is 36.4. The molecule has 3 aromatic rings. The molecule has 0 N–H and O–H groups in total. The number of carbonyl (C=O) groups excluding carboxylic acids is 2. The van der Waals surface area contributed by atoms with Gasteiger partial charge in [-0.25, -0.2) is 0 Å². The molecule has 0 bridgehead atoms. The quantitative estimate of drug-likeness (QED) is 0.146. The van der Waals surface area contributed by atoms with Crippen molar-refractivity contribution < 1.29 is 9.59 Å². The van der Waals surface area contributed by atoms with E-state index in [2.05, 4.69) is 96.9 Å². The summed E-state index contributed by atoms with van der Waals surface area (Å²) in [6.45, 7) is 38.2. The van der Waals surface area contributed by atoms with Crippen LogP contribution in [0.1, 0.15) is 157 Å². The van der Waals surface area contributed by atoms with Gasteiger partial charge in [0.1, 0.15) is 11.6 Å². The Morgan fingerprint density at radius 2 is 1.33 bits per heavy atom. The van der Waals surface area contributed by atoms with E-state index in [9.17, 15) is 9.59 Å². The normalized spacial score (nSPS) is 10.5. The molecule has 0 aliphatic rings. The van der Waals surface area contributed by atoms with Crippen LogP contribution in [0.4, 0.5) is 0 Å². The summed E-state index contributed by atoms with van der Waals surface area (Å²) in [4.78, 5) is 23.1. The van der Waals surface area contributed by atoms with Crippen LogP contribution < -0.4 is 0 Å². The first-order valence-corrected chi connectivity index (χ1v) is 19.4. The number of halogens is 1. The number of benzene rings is 2. The van der Waals surface area contributed by atoms with E-state index in [-0.39, 0.29) is 11.6 Å². The number of Topliss-reactive ketones (excluding diaryl/α,β-unsaturated/α-hetero) is 2. The molecule has 1 atom stereocenters. The summed E-state index contributed by atoms with van der Waals surface area (Å²) < 4.78 is 0. The highest BCUT2D eigenvalue weighted by Crippen LogP contribution is 2.26. The molecule has 0 radical (unpaired) electrons. The first-order chi connectivity index (χ1) is 23.7. The third kappa shape index (κ3) is 32.6. The molecule has 288 valence electrons. The number of ketones is 2. The molecule has 3 nitrogen and oxygen atoms in total. The molecule has 0 aliphatic carbocycles. The van der Waals surface area contributed by atoms with Crippen molar-refractivity contribution in [2.45, 2.75) is 162 Å². The Hall–Kier alpha value is -3.04. The largest absolute Gasteiger partial charge is 0.300 e. The van der Waals surface area contributed by atoms with Crippen LogP contribution in [0.2, 0.25) is 5.02 Å². The molecule has 1 unspecified atom stereocenters. The first kappa shape index (κ1) is 52.3. The lowest BCUT2D eigenvalue weighted by Crippen LogP contribution is -2.05. The standard InChI is InChI=1S/C19H36.C11H11N.C9H11Cl.2C3H6O.C2H6/c1-8-16(2)14-17(3)12-10-9-11-13-18(4)15-19(5,6)7;1-8-3-4-10-7-12-9(2)6-11(10)5-8;1-3-8-6-4-5-7(2)9(8)10;2*1-3(2)4;1-2/h16H,3-4,8-15H2,1-2,5-7H3;3-7H,1-2H3;4-6H,3H2,1-2H3;2*1-2H3;1-2H3. The monoisotopic (exact) mass is 722 g/mol. The highest BCUT2D eigenvalue weighted by atomic mass is 35.5. The fourth-order valence-corrected chi connectivity index (χ4v) is 5.12. The van der Waals surface area contributed by atoms with Gasteiger partial charge in [-0.3, -0.25) is 4.98 Å². The van der Waals surface area contributed by atoms with Crippen LogP contribution in [0.15, 0.2) is 73.0 Å². The number of nitrogens with zero attached hydrogens (tertiary/aromatic N) is 1. The smallest absolute Gasteiger partial charge is 0.126 e. The number of allylic oxidation sites excluding steroid dienone is 2. The maximum absolute atomic E-state index is 9.44. The molecule has 0 saturated heterocycles. The number of unbranched alkanes of at least 4 members (excludes halogenated alkanes) is 2. The van der Waals surface area contributed by atoms with Gasteiger partial charge in [0.15, 0.2) is 0 Å². The number of carbonyl (C=O) groups is 2. The third-order valence-electron chi connectivity index (χ3n) is 7.34. The van der Waals surface area contributed by atoms with Gasteiger partial charge in [-0.1, -0.05) is 146 Å². The van der Waals surface area contributed by atoms with Crippen molar-refractivity contribution in [1.82, 2.24) is 4.98 Å². The van der Waals surface area contributed by atoms with Crippen LogP contribution >= 0.6 is 11.6 Å². The van der Waals surface area contributed by atoms with E-state index >= 15 is 0 Å². The summed E-state index contributed by atoms with van der Waals surface area (Å²) in [6.07, 6.45) is 12.9. The van der Waals surface area contributed by atoms with Crippen molar-refractivity contribution in [2.24, 2.45) is 11.3 Å². The van der Waals surface area contributed by atoms with Gasteiger partial charge < -0.3 is 9.59 Å². The molecule has 0 aliphatic heterocycles. The molecule has 1 aromatic heterocycles. The number of aryl methyl sites for hydroxylation is 4. The van der Waals surface area contributed by atoms with Crippen LogP contribution in [-0.2, 0) is 16.0 Å². The molecular weight excluding hydrogens is 646 g/mol. The minimum atomic E-state index is 0.167. The second kappa shape index (κ2) is 30.6. The molecule has 0 saturated carbocycles. The van der Waals surface area contributed by atoms with Gasteiger partial charge in [0.2, 0.25) is 0 Å². The Morgan fingerprint density at radius 3 is 1.80 bits per heavy atom. The molecule has 0 fully saturated rings. The second-order valence-electron chi connectivity index (χ2n) is 14.9. The summed E-state index contributed by atoms with van der Waals surface area (Å²) in [5.41, 5.74) is 8.04. The predicted molar refractivity (Wildman–Crippen MR) is 230 cm³/mol. The number of pyridine rings is 1. The zero-order valence-electron chi connectivity index (χ0n) is 35.6. The summed E-state index contributed by atoms with van der Waals surface area (Å²) in [6, 6.07) is 14.7. The summed E-state index contributed by atoms with van der Waals surface area (Å²) in [5.74, 6) is 1.14. The van der Waals surface area contributed by atoms with Crippen molar-refractivity contribution >= 4 is 33.9 Å². The topological polar surface area (TPSA) is 47.0 Å². The van der Waals surface area contributed by atoms with Crippen molar-refractivity contribution in [3.8, 4) is 0 Å². The van der Waals surface area contributed by atoms with E-state index in [4.69, 9.17) is 11.6 Å². The minimum absolute atomic E-state index is 0.167. The Balaban J connectivity index is -0.000000618. The van der Waals surface area contributed by atoms with Gasteiger partial charge in [-0.05, 0) is 127 Å². The molecular formula is C47H76ClNO2. The van der Waals surface area contributed by atoms with E-state index in [0.717, 1.165) is 29.5 Å².